The Balaban J connectivity index is 1.29. The molecule has 0 saturated heterocycles. The third-order valence-corrected chi connectivity index (χ3v) is 11.2. The molecule has 5 rings (SSSR count). The summed E-state index contributed by atoms with van der Waals surface area (Å²) in [4.78, 5) is 78.7. The molecular weight excluding hydrogens is 1020 g/mol. The molecule has 24 heteroatoms. The smallest absolute Gasteiger partial charge is 0.324 e. The largest absolute Gasteiger partial charge is 0.417 e. The molecule has 4 N–H and O–H groups in total. The zero-order valence-electron chi connectivity index (χ0n) is 36.7. The minimum atomic E-state index is -4.72. The van der Waals surface area contributed by atoms with Crippen LogP contribution in [-0.2, 0) is 44.4 Å². The molecule has 0 saturated carbocycles. The van der Waals surface area contributed by atoms with Crippen molar-refractivity contribution in [2.24, 2.45) is 20.5 Å². The molecule has 0 heterocycles. The molecule has 0 aliphatic rings. The molecule has 366 valence electrons. The number of aryl methyl sites for hydroxylation is 2. The Bertz CT molecular complexity index is 2940. The highest BCUT2D eigenvalue weighted by molar-refractivity contribution is 6.35. The third-order valence-electron chi connectivity index (χ3n) is 9.88. The highest BCUT2D eigenvalue weighted by Gasteiger charge is 2.34. The van der Waals surface area contributed by atoms with Crippen LogP contribution in [0, 0.1) is 0 Å². The van der Waals surface area contributed by atoms with Crippen molar-refractivity contribution in [1.82, 2.24) is 0 Å². The van der Waals surface area contributed by atoms with Crippen LogP contribution in [0.4, 0.5) is 60.5 Å². The van der Waals surface area contributed by atoms with Crippen LogP contribution in [0.15, 0.2) is 105 Å². The van der Waals surface area contributed by atoms with E-state index in [1.54, 1.807) is 13.8 Å². The number of hydrogen-bond donors (Lipinski definition) is 4. The van der Waals surface area contributed by atoms with Crippen LogP contribution in [0.25, 0.3) is 0 Å². The normalized spacial score (nSPS) is 12.7. The third kappa shape index (κ3) is 13.7. The Labute approximate surface area is 414 Å². The van der Waals surface area contributed by atoms with E-state index in [1.165, 1.54) is 48.5 Å². The molecule has 0 aromatic heterocycles. The number of carbonyl (C=O) groups excluding carboxylic acids is 6. The summed E-state index contributed by atoms with van der Waals surface area (Å²) in [5.41, 5.74) is -1.21. The molecule has 0 aliphatic heterocycles. The van der Waals surface area contributed by atoms with E-state index in [0.717, 1.165) is 38.1 Å². The van der Waals surface area contributed by atoms with Gasteiger partial charge in [-0.15, -0.1) is 0 Å². The van der Waals surface area contributed by atoms with Gasteiger partial charge in [0.05, 0.1) is 53.7 Å². The van der Waals surface area contributed by atoms with Crippen LogP contribution in [-0.4, -0.2) is 47.3 Å². The van der Waals surface area contributed by atoms with Gasteiger partial charge in [0.25, 0.3) is 23.6 Å². The topological polar surface area (TPSA) is 200 Å². The number of hydrogen-bond acceptors (Lipinski definition) is 10. The van der Waals surface area contributed by atoms with E-state index in [4.69, 9.17) is 46.4 Å². The van der Waals surface area contributed by atoms with Gasteiger partial charge < -0.3 is 21.3 Å². The second kappa shape index (κ2) is 22.8. The lowest BCUT2D eigenvalue weighted by atomic mass is 10.0. The number of alkyl halides is 6. The summed E-state index contributed by atoms with van der Waals surface area (Å²) in [6.45, 7) is 5.71. The second-order valence-corrected chi connectivity index (χ2v) is 16.6. The average Bonchev–Trinajstić information content (AvgIpc) is 3.26. The van der Waals surface area contributed by atoms with E-state index in [2.05, 4.69) is 41.7 Å². The fourth-order valence-electron chi connectivity index (χ4n) is 6.39. The van der Waals surface area contributed by atoms with E-state index in [0.29, 0.717) is 41.8 Å². The van der Waals surface area contributed by atoms with Gasteiger partial charge in [-0.1, -0.05) is 60.3 Å². The van der Waals surface area contributed by atoms with Crippen LogP contribution >= 0.6 is 46.4 Å². The summed E-state index contributed by atoms with van der Waals surface area (Å²) in [6.07, 6.45) is -8.85. The van der Waals surface area contributed by atoms with Crippen LogP contribution < -0.4 is 21.3 Å². The van der Waals surface area contributed by atoms with Crippen molar-refractivity contribution in [3.8, 4) is 0 Å². The summed E-state index contributed by atoms with van der Waals surface area (Å²) in [6, 6.07) is 12.5. The van der Waals surface area contributed by atoms with Gasteiger partial charge in [0.1, 0.15) is 0 Å². The van der Waals surface area contributed by atoms with E-state index in [-0.39, 0.29) is 49.6 Å². The number of nitrogens with zero attached hydrogens (tertiary/aromatic N) is 4. The van der Waals surface area contributed by atoms with Crippen molar-refractivity contribution >= 4 is 116 Å². The number of benzene rings is 5. The fourth-order valence-corrected chi connectivity index (χ4v) is 7.37. The van der Waals surface area contributed by atoms with E-state index in [9.17, 15) is 55.1 Å². The van der Waals surface area contributed by atoms with E-state index < -0.39 is 80.8 Å². The molecule has 4 amide bonds. The van der Waals surface area contributed by atoms with Gasteiger partial charge in [-0.2, -0.15) is 46.8 Å². The number of amides is 4. The quantitative estimate of drug-likeness (QED) is 0.0430. The summed E-state index contributed by atoms with van der Waals surface area (Å²) >= 11 is 24.0. The molecule has 14 nitrogen and oxygen atoms in total. The van der Waals surface area contributed by atoms with E-state index in [1.807, 2.05) is 0 Å². The molecule has 0 radical (unpaired) electrons. The Morgan fingerprint density at radius 2 is 0.886 bits per heavy atom. The zero-order chi connectivity index (χ0) is 51.8. The molecule has 5 aromatic rings. The monoisotopic (exact) mass is 1050 g/mol. The molecular formula is C46H36Cl4F6N8O6. The fraction of sp³-hybridized carbons (Fsp3) is 0.217. The predicted molar refractivity (Wildman–Crippen MR) is 252 cm³/mol. The number of ketones is 2. The lowest BCUT2D eigenvalue weighted by Crippen LogP contribution is -2.33. The first kappa shape index (κ1) is 54.2. The molecule has 70 heavy (non-hydrogen) atoms. The maximum absolute atomic E-state index is 13.6. The van der Waals surface area contributed by atoms with E-state index >= 15 is 0 Å². The molecule has 0 fully saturated rings. The Kier molecular flexibility index (Phi) is 17.6. The number of azo groups is 2. The molecule has 2 unspecified atom stereocenters. The summed E-state index contributed by atoms with van der Waals surface area (Å²) < 4.78 is 78.9. The zero-order valence-corrected chi connectivity index (χ0v) is 39.7. The second-order valence-electron chi connectivity index (χ2n) is 14.9. The molecule has 0 aliphatic carbocycles. The summed E-state index contributed by atoms with van der Waals surface area (Å²) in [5.74, 6) is -4.89. The standard InChI is InChI=1S/C46H36Cl4F6N8O6/c1-5-23-15-29(59-43(69)38(21(3)65)63-61-27-9-13-34(47)30(17-27)41(67)57-25-7-11-32(36(49)19-25)45(51,52)53)16-24(6-2)40(23)60-44(70)39(22(4)66)64-62-28-10-14-35(48)31(18-28)42(68)58-26-8-12-33(37(50)20-26)46(54,55)56/h7-20,38-39H,5-6H2,1-4H3,(H,57,67)(H,58,68)(H,59,69)(H,60,70). The maximum Gasteiger partial charge on any atom is 0.417 e. The number of rotatable bonds is 16. The van der Waals surface area contributed by atoms with Crippen LogP contribution in [0.2, 0.25) is 20.1 Å². The summed E-state index contributed by atoms with van der Waals surface area (Å²) in [5, 5.41) is 24.5. The maximum atomic E-state index is 13.6. The average molecular weight is 1050 g/mol. The van der Waals surface area contributed by atoms with Gasteiger partial charge in [-0.05, 0) is 123 Å². The van der Waals surface area contributed by atoms with Crippen molar-refractivity contribution in [3.05, 3.63) is 138 Å². The number of halogens is 10. The lowest BCUT2D eigenvalue weighted by molar-refractivity contribution is -0.138. The number of carbonyl (C=O) groups is 6. The SMILES string of the molecule is CCc1cc(NC(=O)C(N=Nc2ccc(Cl)c(C(=O)Nc3ccc(C(F)(F)F)c(Cl)c3)c2)C(C)=O)cc(CC)c1NC(=O)C(N=Nc1ccc(Cl)c(C(=O)Nc2ccc(C(F)(F)F)c(Cl)c2)c1)C(C)=O. The Morgan fingerprint density at radius 1 is 0.500 bits per heavy atom. The predicted octanol–water partition coefficient (Wildman–Crippen LogP) is 13.3. The van der Waals surface area contributed by atoms with Gasteiger partial charge in [-0.3, -0.25) is 28.8 Å². The van der Waals surface area contributed by atoms with Crippen molar-refractivity contribution in [2.75, 3.05) is 21.3 Å². The van der Waals surface area contributed by atoms with Gasteiger partial charge in [0, 0.05) is 22.7 Å². The van der Waals surface area contributed by atoms with Crippen molar-refractivity contribution in [1.29, 1.82) is 0 Å². The molecule has 0 spiro atoms. The number of nitrogens with one attached hydrogen (secondary N) is 4. The molecule has 5 aromatic carbocycles. The van der Waals surface area contributed by atoms with Gasteiger partial charge in [0.15, 0.2) is 11.6 Å². The van der Waals surface area contributed by atoms with Crippen LogP contribution in [0.5, 0.6) is 0 Å². The first-order valence-corrected chi connectivity index (χ1v) is 21.9. The minimum absolute atomic E-state index is 0.0164. The highest BCUT2D eigenvalue weighted by atomic mass is 35.5. The lowest BCUT2D eigenvalue weighted by Gasteiger charge is -2.19. The number of Topliss-reactive ketones (excluding diaryl/α,β-unsaturated/α-hetero) is 2. The van der Waals surface area contributed by atoms with Crippen LogP contribution in [0.1, 0.15) is 70.7 Å². The number of anilines is 4. The molecule has 2 atom stereocenters. The van der Waals surface area contributed by atoms with Gasteiger partial charge in [-0.25, -0.2) is 0 Å². The van der Waals surface area contributed by atoms with Gasteiger partial charge >= 0.3 is 12.4 Å². The Hall–Kier alpha value is -6.74. The Morgan fingerprint density at radius 3 is 1.23 bits per heavy atom. The minimum Gasteiger partial charge on any atom is -0.324 e. The van der Waals surface area contributed by atoms with Crippen LogP contribution in [0.3, 0.4) is 0 Å². The first-order chi connectivity index (χ1) is 32.8. The summed E-state index contributed by atoms with van der Waals surface area (Å²) in [7, 11) is 0. The van der Waals surface area contributed by atoms with Crippen molar-refractivity contribution in [3.63, 3.8) is 0 Å². The van der Waals surface area contributed by atoms with Crippen molar-refractivity contribution in [2.45, 2.75) is 65.0 Å². The van der Waals surface area contributed by atoms with Crippen molar-refractivity contribution < 1.29 is 55.1 Å². The first-order valence-electron chi connectivity index (χ1n) is 20.4. The van der Waals surface area contributed by atoms with Gasteiger partial charge in [0.2, 0.25) is 12.1 Å². The molecule has 0 bridgehead atoms. The highest BCUT2D eigenvalue weighted by Crippen LogP contribution is 2.38.